The van der Waals surface area contributed by atoms with Crippen LogP contribution in [0.1, 0.15) is 81.8 Å². The lowest BCUT2D eigenvalue weighted by molar-refractivity contribution is -0.138. The SMILES string of the molecule is CC(C)(C)OC(=O)N1CCN(CCCCCCNC(=O)c2ccc(N3C(=O)N(Sc4ccc(C#N)c(C(F)(F)F)c4)C(=O)C3(C)C)cc2F)CC1. The molecule has 11 nitrogen and oxygen atoms in total. The molecule has 0 aliphatic carbocycles. The minimum absolute atomic E-state index is 0.0161. The van der Waals surface area contributed by atoms with E-state index in [0.29, 0.717) is 48.4 Å². The molecule has 0 aromatic heterocycles. The second-order valence-electron chi connectivity index (χ2n) is 13.8. The van der Waals surface area contributed by atoms with E-state index >= 15 is 4.39 Å². The summed E-state index contributed by atoms with van der Waals surface area (Å²) in [5.41, 5.74) is -4.13. The molecule has 2 aliphatic heterocycles. The number of carbonyl (C=O) groups is 4. The van der Waals surface area contributed by atoms with E-state index in [1.165, 1.54) is 38.1 Å². The number of benzene rings is 2. The average Bonchev–Trinajstić information content (AvgIpc) is 3.21. The van der Waals surface area contributed by atoms with Gasteiger partial charge in [-0.05, 0) is 102 Å². The number of unbranched alkanes of at least 4 members (excludes halogenated alkanes) is 3. The van der Waals surface area contributed by atoms with Crippen LogP contribution in [0.25, 0.3) is 0 Å². The summed E-state index contributed by atoms with van der Waals surface area (Å²) in [6, 6.07) is 6.91. The number of piperazine rings is 1. The van der Waals surface area contributed by atoms with Gasteiger partial charge >= 0.3 is 18.3 Å². The second-order valence-corrected chi connectivity index (χ2v) is 14.8. The third-order valence-corrected chi connectivity index (χ3v) is 9.38. The van der Waals surface area contributed by atoms with Gasteiger partial charge in [-0.25, -0.2) is 14.0 Å². The Morgan fingerprint density at radius 2 is 1.65 bits per heavy atom. The molecule has 2 aromatic carbocycles. The van der Waals surface area contributed by atoms with E-state index in [0.717, 1.165) is 55.9 Å². The van der Waals surface area contributed by atoms with E-state index in [1.54, 1.807) is 4.90 Å². The van der Waals surface area contributed by atoms with Crippen molar-refractivity contribution in [1.82, 2.24) is 19.4 Å². The molecule has 0 radical (unpaired) electrons. The Balaban J connectivity index is 1.25. The van der Waals surface area contributed by atoms with Crippen molar-refractivity contribution < 1.29 is 41.5 Å². The monoisotopic (exact) mass is 734 g/mol. The molecule has 2 fully saturated rings. The summed E-state index contributed by atoms with van der Waals surface area (Å²) in [5.74, 6) is -2.30. The molecule has 0 saturated carbocycles. The van der Waals surface area contributed by atoms with Gasteiger partial charge in [-0.2, -0.15) is 22.7 Å². The highest BCUT2D eigenvalue weighted by Crippen LogP contribution is 2.41. The molecular formula is C35H42F4N6O5S. The van der Waals surface area contributed by atoms with E-state index in [-0.39, 0.29) is 22.2 Å². The number of anilines is 1. The number of nitriles is 1. The number of carbonyl (C=O) groups excluding carboxylic acids is 4. The summed E-state index contributed by atoms with van der Waals surface area (Å²) in [4.78, 5) is 56.6. The molecule has 2 aromatic rings. The van der Waals surface area contributed by atoms with Crippen molar-refractivity contribution in [2.75, 3.05) is 44.2 Å². The van der Waals surface area contributed by atoms with Gasteiger partial charge in [-0.15, -0.1) is 0 Å². The maximum Gasteiger partial charge on any atom is 0.417 e. The molecule has 16 heteroatoms. The van der Waals surface area contributed by atoms with E-state index in [9.17, 15) is 32.3 Å². The van der Waals surface area contributed by atoms with Crippen LogP contribution >= 0.6 is 11.9 Å². The van der Waals surface area contributed by atoms with Crippen molar-refractivity contribution in [3.63, 3.8) is 0 Å². The van der Waals surface area contributed by atoms with Crippen LogP contribution in [0.15, 0.2) is 41.3 Å². The number of ether oxygens (including phenoxy) is 1. The minimum Gasteiger partial charge on any atom is -0.444 e. The van der Waals surface area contributed by atoms with Crippen molar-refractivity contribution in [2.24, 2.45) is 0 Å². The fourth-order valence-electron chi connectivity index (χ4n) is 5.71. The number of nitrogens with zero attached hydrogens (tertiary/aromatic N) is 5. The first-order valence-electron chi connectivity index (χ1n) is 16.6. The summed E-state index contributed by atoms with van der Waals surface area (Å²) in [5, 5.41) is 11.8. The van der Waals surface area contributed by atoms with Crippen LogP contribution in [-0.4, -0.2) is 88.5 Å². The highest BCUT2D eigenvalue weighted by Gasteiger charge is 2.53. The maximum atomic E-state index is 15.2. The lowest BCUT2D eigenvalue weighted by Crippen LogP contribution is -2.50. The normalized spacial score (nSPS) is 16.7. The molecule has 0 atom stereocenters. The third-order valence-electron chi connectivity index (χ3n) is 8.41. The molecule has 0 unspecified atom stereocenters. The molecule has 0 bridgehead atoms. The van der Waals surface area contributed by atoms with Crippen LogP contribution in [0, 0.1) is 17.1 Å². The van der Waals surface area contributed by atoms with Gasteiger partial charge in [0.05, 0.1) is 22.8 Å². The highest BCUT2D eigenvalue weighted by atomic mass is 32.2. The number of nitrogens with one attached hydrogen (secondary N) is 1. The Kier molecular flexibility index (Phi) is 12.3. The Hall–Kier alpha value is -4.36. The first-order chi connectivity index (χ1) is 23.8. The molecule has 4 rings (SSSR count). The van der Waals surface area contributed by atoms with Crippen LogP contribution in [-0.2, 0) is 15.7 Å². The van der Waals surface area contributed by atoms with E-state index in [2.05, 4.69) is 10.2 Å². The van der Waals surface area contributed by atoms with Gasteiger partial charge in [0.1, 0.15) is 17.0 Å². The summed E-state index contributed by atoms with van der Waals surface area (Å²) >= 11 is 0.461. The summed E-state index contributed by atoms with van der Waals surface area (Å²) < 4.78 is 61.8. The zero-order chi connectivity index (χ0) is 37.7. The molecule has 2 saturated heterocycles. The Labute approximate surface area is 299 Å². The second kappa shape index (κ2) is 15.9. The molecule has 0 spiro atoms. The van der Waals surface area contributed by atoms with Crippen molar-refractivity contribution in [3.8, 4) is 6.07 Å². The van der Waals surface area contributed by atoms with Gasteiger partial charge in [0, 0.05) is 43.3 Å². The Bertz CT molecular complexity index is 1680. The van der Waals surface area contributed by atoms with Crippen LogP contribution in [0.4, 0.5) is 32.8 Å². The van der Waals surface area contributed by atoms with Crippen molar-refractivity contribution in [3.05, 3.63) is 58.9 Å². The average molecular weight is 735 g/mol. The van der Waals surface area contributed by atoms with Crippen molar-refractivity contribution in [2.45, 2.75) is 82.5 Å². The van der Waals surface area contributed by atoms with Crippen molar-refractivity contribution >= 4 is 41.6 Å². The first kappa shape index (κ1) is 39.4. The number of halogens is 4. The van der Waals surface area contributed by atoms with Crippen LogP contribution in [0.2, 0.25) is 0 Å². The van der Waals surface area contributed by atoms with Gasteiger partial charge in [0.2, 0.25) is 0 Å². The third kappa shape index (κ3) is 9.70. The topological polar surface area (TPSA) is 126 Å². The molecule has 276 valence electrons. The van der Waals surface area contributed by atoms with Crippen LogP contribution in [0.3, 0.4) is 0 Å². The fourth-order valence-corrected chi connectivity index (χ4v) is 6.69. The number of urea groups is 1. The molecule has 1 N–H and O–H groups in total. The lowest BCUT2D eigenvalue weighted by atomic mass is 10.0. The quantitative estimate of drug-likeness (QED) is 0.116. The molecule has 2 aliphatic rings. The Morgan fingerprint density at radius 3 is 2.25 bits per heavy atom. The number of imide groups is 1. The highest BCUT2D eigenvalue weighted by molar-refractivity contribution is 7.98. The van der Waals surface area contributed by atoms with Crippen LogP contribution < -0.4 is 10.2 Å². The number of hydrogen-bond donors (Lipinski definition) is 1. The van der Waals surface area contributed by atoms with E-state index in [4.69, 9.17) is 10.00 Å². The van der Waals surface area contributed by atoms with Gasteiger partial charge < -0.3 is 15.0 Å². The zero-order valence-electron chi connectivity index (χ0n) is 29.2. The van der Waals surface area contributed by atoms with E-state index < -0.39 is 52.1 Å². The summed E-state index contributed by atoms with van der Waals surface area (Å²) in [6.45, 7) is 12.4. The number of hydrogen-bond acceptors (Lipinski definition) is 8. The lowest BCUT2D eigenvalue weighted by Gasteiger charge is -2.35. The van der Waals surface area contributed by atoms with E-state index in [1.807, 2.05) is 20.8 Å². The van der Waals surface area contributed by atoms with Gasteiger partial charge in [-0.3, -0.25) is 19.4 Å². The van der Waals surface area contributed by atoms with Gasteiger partial charge in [-0.1, -0.05) is 12.8 Å². The summed E-state index contributed by atoms with van der Waals surface area (Å²) in [7, 11) is 0. The van der Waals surface area contributed by atoms with Crippen molar-refractivity contribution in [1.29, 1.82) is 5.26 Å². The maximum absolute atomic E-state index is 15.2. The fraction of sp³-hybridized carbons (Fsp3) is 0.514. The molecule has 51 heavy (non-hydrogen) atoms. The smallest absolute Gasteiger partial charge is 0.417 e. The first-order valence-corrected chi connectivity index (χ1v) is 17.4. The predicted molar refractivity (Wildman–Crippen MR) is 182 cm³/mol. The van der Waals surface area contributed by atoms with Gasteiger partial charge in [0.15, 0.2) is 0 Å². The molecule has 2 heterocycles. The standard InChI is InChI=1S/C35H42F4N6O5S/c1-33(2,3)50-32(49)43-18-16-42(17-19-43)15-9-7-6-8-14-41-29(46)26-13-11-24(20-28(26)36)44-31(48)45(30(47)34(44,4)5)51-25-12-10-23(22-40)27(21-25)35(37,38)39/h10-13,20-21H,6-9,14-19H2,1-5H3,(H,41,46). The summed E-state index contributed by atoms with van der Waals surface area (Å²) in [6.07, 6.45) is -1.68. The predicted octanol–water partition coefficient (Wildman–Crippen LogP) is 6.81. The Morgan fingerprint density at radius 1 is 0.980 bits per heavy atom. The molecular weight excluding hydrogens is 692 g/mol. The van der Waals surface area contributed by atoms with Gasteiger partial charge in [0.25, 0.3) is 11.8 Å². The largest absolute Gasteiger partial charge is 0.444 e. The number of amides is 5. The number of rotatable bonds is 11. The zero-order valence-corrected chi connectivity index (χ0v) is 30.0. The molecule has 5 amide bonds. The number of alkyl halides is 3. The van der Waals surface area contributed by atoms with Crippen LogP contribution in [0.5, 0.6) is 0 Å². The minimum atomic E-state index is -4.83.